The normalized spacial score (nSPS) is 11.6. The largest absolute Gasteiger partial charge is 0.310 e. The Hall–Kier alpha value is -0.380. The first kappa shape index (κ1) is 14.0. The van der Waals surface area contributed by atoms with Gasteiger partial charge in [0.15, 0.2) is 0 Å². The van der Waals surface area contributed by atoms with Crippen molar-refractivity contribution in [1.82, 2.24) is 5.32 Å². The Kier molecular flexibility index (Phi) is 4.82. The maximum Gasteiger partial charge on any atom is 0.0349 e. The molecule has 2 aromatic rings. The van der Waals surface area contributed by atoms with E-state index in [0.717, 1.165) is 6.54 Å². The van der Waals surface area contributed by atoms with Crippen molar-refractivity contribution in [1.29, 1.82) is 0 Å². The van der Waals surface area contributed by atoms with E-state index in [0.29, 0.717) is 6.04 Å². The molecular formula is C15H20BrNS. The molecule has 0 radical (unpaired) electrons. The first-order valence-corrected chi connectivity index (χ1v) is 8.16. The highest BCUT2D eigenvalue weighted by molar-refractivity contribution is 9.10. The molecule has 0 aliphatic carbocycles. The van der Waals surface area contributed by atoms with Crippen LogP contribution in [0.15, 0.2) is 22.7 Å². The number of fused-ring (bicyclic) bond motifs is 1. The van der Waals surface area contributed by atoms with Gasteiger partial charge < -0.3 is 5.32 Å². The van der Waals surface area contributed by atoms with Crippen molar-refractivity contribution in [2.24, 2.45) is 0 Å². The van der Waals surface area contributed by atoms with Gasteiger partial charge in [-0.1, -0.05) is 43.1 Å². The van der Waals surface area contributed by atoms with Crippen molar-refractivity contribution in [2.75, 3.05) is 0 Å². The van der Waals surface area contributed by atoms with Crippen LogP contribution in [0.3, 0.4) is 0 Å². The van der Waals surface area contributed by atoms with Crippen LogP contribution in [0.2, 0.25) is 0 Å². The monoisotopic (exact) mass is 325 g/mol. The predicted octanol–water partition coefficient (Wildman–Crippen LogP) is 5.11. The molecule has 1 aromatic heterocycles. The second-order valence-corrected chi connectivity index (χ2v) is 6.98. The maximum atomic E-state index is 3.58. The smallest absolute Gasteiger partial charge is 0.0349 e. The lowest BCUT2D eigenvalue weighted by atomic mass is 10.1. The van der Waals surface area contributed by atoms with Gasteiger partial charge in [0.2, 0.25) is 0 Å². The molecule has 1 aromatic carbocycles. The molecule has 0 saturated carbocycles. The van der Waals surface area contributed by atoms with Crippen molar-refractivity contribution in [2.45, 2.75) is 46.2 Å². The number of halogens is 1. The number of hydrogen-bond donors (Lipinski definition) is 1. The average molecular weight is 326 g/mol. The van der Waals surface area contributed by atoms with E-state index in [-0.39, 0.29) is 0 Å². The second kappa shape index (κ2) is 6.18. The van der Waals surface area contributed by atoms with Crippen molar-refractivity contribution >= 4 is 37.4 Å². The Bertz CT molecular complexity index is 531. The number of hydrogen-bond acceptors (Lipinski definition) is 2. The van der Waals surface area contributed by atoms with Crippen molar-refractivity contribution in [3.63, 3.8) is 0 Å². The summed E-state index contributed by atoms with van der Waals surface area (Å²) < 4.78 is 2.58. The fourth-order valence-electron chi connectivity index (χ4n) is 2.14. The highest BCUT2D eigenvalue weighted by Gasteiger charge is 2.11. The van der Waals surface area contributed by atoms with Crippen LogP contribution >= 0.6 is 27.3 Å². The molecule has 0 aliphatic heterocycles. The minimum absolute atomic E-state index is 0.538. The molecule has 98 valence electrons. The highest BCUT2D eigenvalue weighted by atomic mass is 79.9. The fraction of sp³-hybridized carbons (Fsp3) is 0.467. The molecule has 1 nitrogen and oxygen atoms in total. The molecule has 0 spiro atoms. The first-order chi connectivity index (χ1) is 8.61. The summed E-state index contributed by atoms with van der Waals surface area (Å²) in [6, 6.07) is 7.16. The highest BCUT2D eigenvalue weighted by Crippen LogP contribution is 2.34. The molecule has 1 N–H and O–H groups in total. The second-order valence-electron chi connectivity index (χ2n) is 4.93. The van der Waals surface area contributed by atoms with E-state index < -0.39 is 0 Å². The van der Waals surface area contributed by atoms with E-state index in [1.54, 1.807) is 0 Å². The lowest BCUT2D eigenvalue weighted by Crippen LogP contribution is -2.21. The Labute approximate surface area is 122 Å². The van der Waals surface area contributed by atoms with Crippen LogP contribution in [0.1, 0.15) is 37.6 Å². The third-order valence-electron chi connectivity index (χ3n) is 3.01. The van der Waals surface area contributed by atoms with E-state index in [2.05, 4.69) is 60.2 Å². The maximum absolute atomic E-state index is 3.58. The Morgan fingerprint density at radius 2 is 2.11 bits per heavy atom. The van der Waals surface area contributed by atoms with Gasteiger partial charge in [-0.25, -0.2) is 0 Å². The SMILES string of the molecule is CCCc1c(CNC(C)C)sc2ccc(Br)cc12. The molecule has 0 atom stereocenters. The summed E-state index contributed by atoms with van der Waals surface area (Å²) in [7, 11) is 0. The average Bonchev–Trinajstić information content (AvgIpc) is 2.65. The first-order valence-electron chi connectivity index (χ1n) is 6.55. The van der Waals surface area contributed by atoms with E-state index in [1.807, 2.05) is 11.3 Å². The minimum Gasteiger partial charge on any atom is -0.310 e. The third kappa shape index (κ3) is 3.14. The summed E-state index contributed by atoms with van der Waals surface area (Å²) in [5.41, 5.74) is 1.53. The van der Waals surface area contributed by atoms with Gasteiger partial charge in [-0.2, -0.15) is 0 Å². The molecule has 3 heteroatoms. The lowest BCUT2D eigenvalue weighted by Gasteiger charge is -2.08. The molecule has 0 saturated heterocycles. The molecule has 0 unspecified atom stereocenters. The number of thiophene rings is 1. The van der Waals surface area contributed by atoms with E-state index in [4.69, 9.17) is 0 Å². The topological polar surface area (TPSA) is 12.0 Å². The van der Waals surface area contributed by atoms with Gasteiger partial charge in [0.25, 0.3) is 0 Å². The van der Waals surface area contributed by atoms with E-state index >= 15 is 0 Å². The molecule has 1 heterocycles. The van der Waals surface area contributed by atoms with Crippen LogP contribution in [0.4, 0.5) is 0 Å². The van der Waals surface area contributed by atoms with Crippen molar-refractivity contribution < 1.29 is 0 Å². The van der Waals surface area contributed by atoms with Crippen LogP contribution in [0, 0.1) is 0 Å². The van der Waals surface area contributed by atoms with Gasteiger partial charge in [0.05, 0.1) is 0 Å². The molecular weight excluding hydrogens is 306 g/mol. The summed E-state index contributed by atoms with van der Waals surface area (Å²) >= 11 is 5.51. The quantitative estimate of drug-likeness (QED) is 0.805. The number of nitrogens with one attached hydrogen (secondary N) is 1. The Morgan fingerprint density at radius 3 is 2.78 bits per heavy atom. The molecule has 0 bridgehead atoms. The van der Waals surface area contributed by atoms with Gasteiger partial charge >= 0.3 is 0 Å². The molecule has 18 heavy (non-hydrogen) atoms. The van der Waals surface area contributed by atoms with Crippen LogP contribution in [0.5, 0.6) is 0 Å². The molecule has 2 rings (SSSR count). The van der Waals surface area contributed by atoms with Gasteiger partial charge in [0, 0.05) is 26.6 Å². The van der Waals surface area contributed by atoms with Crippen molar-refractivity contribution in [3.8, 4) is 0 Å². The fourth-order valence-corrected chi connectivity index (χ4v) is 3.68. The van der Waals surface area contributed by atoms with E-state index in [1.165, 1.54) is 37.8 Å². The standard InChI is InChI=1S/C15H20BrNS/c1-4-5-12-13-8-11(16)6-7-14(13)18-15(12)9-17-10(2)3/h6-8,10,17H,4-5,9H2,1-3H3. The van der Waals surface area contributed by atoms with Gasteiger partial charge in [0.1, 0.15) is 0 Å². The summed E-state index contributed by atoms with van der Waals surface area (Å²) in [6.07, 6.45) is 2.37. The molecule has 0 amide bonds. The lowest BCUT2D eigenvalue weighted by molar-refractivity contribution is 0.591. The third-order valence-corrected chi connectivity index (χ3v) is 4.71. The van der Waals surface area contributed by atoms with Gasteiger partial charge in [-0.05, 0) is 35.6 Å². The minimum atomic E-state index is 0.538. The van der Waals surface area contributed by atoms with Crippen LogP contribution < -0.4 is 5.32 Å². The number of aryl methyl sites for hydroxylation is 1. The predicted molar refractivity (Wildman–Crippen MR) is 85.5 cm³/mol. The Balaban J connectivity index is 2.41. The molecule has 0 fully saturated rings. The summed E-state index contributed by atoms with van der Waals surface area (Å²) in [5, 5.41) is 4.96. The van der Waals surface area contributed by atoms with Crippen molar-refractivity contribution in [3.05, 3.63) is 33.1 Å². The van der Waals surface area contributed by atoms with Crippen LogP contribution in [-0.4, -0.2) is 6.04 Å². The summed E-state index contributed by atoms with van der Waals surface area (Å²) in [6.45, 7) is 7.64. The van der Waals surface area contributed by atoms with Gasteiger partial charge in [-0.15, -0.1) is 11.3 Å². The summed E-state index contributed by atoms with van der Waals surface area (Å²) in [5.74, 6) is 0. The number of rotatable bonds is 5. The zero-order valence-electron chi connectivity index (χ0n) is 11.2. The van der Waals surface area contributed by atoms with Crippen LogP contribution in [-0.2, 0) is 13.0 Å². The summed E-state index contributed by atoms with van der Waals surface area (Å²) in [4.78, 5) is 1.50. The Morgan fingerprint density at radius 1 is 1.33 bits per heavy atom. The zero-order valence-corrected chi connectivity index (χ0v) is 13.6. The number of benzene rings is 1. The van der Waals surface area contributed by atoms with Crippen LogP contribution in [0.25, 0.3) is 10.1 Å². The van der Waals surface area contributed by atoms with Gasteiger partial charge in [-0.3, -0.25) is 0 Å². The van der Waals surface area contributed by atoms with E-state index in [9.17, 15) is 0 Å². The zero-order chi connectivity index (χ0) is 13.1. The molecule has 0 aliphatic rings.